The molecule has 4 rings (SSSR count). The van der Waals surface area contributed by atoms with E-state index in [9.17, 15) is 0 Å². The first kappa shape index (κ1) is 13.4. The van der Waals surface area contributed by atoms with Crippen LogP contribution in [-0.2, 0) is 0 Å². The topological polar surface area (TPSA) is 86.2 Å². The number of aromatic nitrogens is 2. The van der Waals surface area contributed by atoms with Gasteiger partial charge in [0.15, 0.2) is 17.2 Å². The third-order valence-corrected chi connectivity index (χ3v) is 3.61. The second-order valence-corrected chi connectivity index (χ2v) is 5.09. The molecule has 0 spiro atoms. The first-order chi connectivity index (χ1) is 11.2. The minimum Gasteiger partial charge on any atom is -0.497 e. The summed E-state index contributed by atoms with van der Waals surface area (Å²) in [4.78, 5) is 8.91. The molecule has 6 heteroatoms. The number of ether oxygens (including phenoxy) is 1. The summed E-state index contributed by atoms with van der Waals surface area (Å²) in [7, 11) is 1.62. The molecular formula is C17H14N4O2. The number of nitrogens with one attached hydrogen (secondary N) is 1. The standard InChI is InChI=1S/C17H14N4O2/c1-22-11-8-10-6-7-23-15(10)14(9-11)21-17-16(18)19-12-4-2-3-5-13(12)20-17/h2-9H,1H3,(H2,18,19)(H,20,21). The highest BCUT2D eigenvalue weighted by Crippen LogP contribution is 2.33. The van der Waals surface area contributed by atoms with Crippen molar-refractivity contribution in [2.24, 2.45) is 0 Å². The van der Waals surface area contributed by atoms with Gasteiger partial charge in [-0.05, 0) is 24.3 Å². The predicted octanol–water partition coefficient (Wildman–Crippen LogP) is 3.71. The summed E-state index contributed by atoms with van der Waals surface area (Å²) >= 11 is 0. The molecule has 2 aromatic carbocycles. The van der Waals surface area contributed by atoms with Crippen LogP contribution >= 0.6 is 0 Å². The monoisotopic (exact) mass is 306 g/mol. The van der Waals surface area contributed by atoms with Crippen LogP contribution in [0.3, 0.4) is 0 Å². The Bertz CT molecular complexity index is 1010. The van der Waals surface area contributed by atoms with Crippen LogP contribution in [0.5, 0.6) is 5.75 Å². The number of rotatable bonds is 3. The van der Waals surface area contributed by atoms with Crippen molar-refractivity contribution in [1.82, 2.24) is 9.97 Å². The molecule has 0 saturated carbocycles. The van der Waals surface area contributed by atoms with Gasteiger partial charge in [-0.2, -0.15) is 0 Å². The van der Waals surface area contributed by atoms with Crippen molar-refractivity contribution in [3.05, 3.63) is 48.7 Å². The lowest BCUT2D eigenvalue weighted by Crippen LogP contribution is -2.02. The van der Waals surface area contributed by atoms with Crippen molar-refractivity contribution in [3.8, 4) is 5.75 Å². The van der Waals surface area contributed by atoms with Gasteiger partial charge in [0, 0.05) is 11.5 Å². The number of anilines is 3. The fourth-order valence-electron chi connectivity index (χ4n) is 2.50. The average molecular weight is 306 g/mol. The summed E-state index contributed by atoms with van der Waals surface area (Å²) in [5.74, 6) is 1.52. The van der Waals surface area contributed by atoms with Crippen molar-refractivity contribution >= 4 is 39.3 Å². The van der Waals surface area contributed by atoms with Crippen LogP contribution in [0.4, 0.5) is 17.3 Å². The van der Waals surface area contributed by atoms with Crippen LogP contribution < -0.4 is 15.8 Å². The van der Waals surface area contributed by atoms with Crippen LogP contribution in [0.2, 0.25) is 0 Å². The summed E-state index contributed by atoms with van der Waals surface area (Å²) in [5.41, 5.74) is 8.98. The summed E-state index contributed by atoms with van der Waals surface area (Å²) in [6.45, 7) is 0. The van der Waals surface area contributed by atoms with Crippen molar-refractivity contribution in [1.29, 1.82) is 0 Å². The quantitative estimate of drug-likeness (QED) is 0.600. The van der Waals surface area contributed by atoms with Crippen molar-refractivity contribution in [2.45, 2.75) is 0 Å². The van der Waals surface area contributed by atoms with E-state index in [-0.39, 0.29) is 0 Å². The second kappa shape index (κ2) is 5.17. The molecular weight excluding hydrogens is 292 g/mol. The zero-order valence-electron chi connectivity index (χ0n) is 12.4. The van der Waals surface area contributed by atoms with E-state index in [1.807, 2.05) is 42.5 Å². The first-order valence-corrected chi connectivity index (χ1v) is 7.09. The molecule has 4 aromatic rings. The lowest BCUT2D eigenvalue weighted by atomic mass is 10.2. The highest BCUT2D eigenvalue weighted by Gasteiger charge is 2.12. The number of nitrogens with zero attached hydrogens (tertiary/aromatic N) is 2. The van der Waals surface area contributed by atoms with Crippen LogP contribution in [0.15, 0.2) is 53.1 Å². The Kier molecular flexibility index (Phi) is 3.01. The Hall–Kier alpha value is -3.28. The average Bonchev–Trinajstić information content (AvgIpc) is 3.04. The maximum Gasteiger partial charge on any atom is 0.174 e. The van der Waals surface area contributed by atoms with E-state index in [0.717, 1.165) is 22.1 Å². The third kappa shape index (κ3) is 2.30. The molecule has 2 aromatic heterocycles. The van der Waals surface area contributed by atoms with Gasteiger partial charge in [0.25, 0.3) is 0 Å². The van der Waals surface area contributed by atoms with Crippen molar-refractivity contribution < 1.29 is 9.15 Å². The number of benzene rings is 2. The smallest absolute Gasteiger partial charge is 0.174 e. The molecule has 0 amide bonds. The number of nitrogens with two attached hydrogens (primary N) is 1. The number of para-hydroxylation sites is 2. The minimum absolute atomic E-state index is 0.325. The molecule has 0 atom stereocenters. The Morgan fingerprint density at radius 2 is 1.87 bits per heavy atom. The second-order valence-electron chi connectivity index (χ2n) is 5.09. The van der Waals surface area contributed by atoms with Crippen LogP contribution in [0.1, 0.15) is 0 Å². The Labute approximate surface area is 131 Å². The van der Waals surface area contributed by atoms with Crippen LogP contribution in [0.25, 0.3) is 22.0 Å². The van der Waals surface area contributed by atoms with Gasteiger partial charge in [-0.3, -0.25) is 0 Å². The molecule has 114 valence electrons. The van der Waals surface area contributed by atoms with Gasteiger partial charge in [-0.1, -0.05) is 12.1 Å². The molecule has 0 aliphatic rings. The zero-order chi connectivity index (χ0) is 15.8. The maximum absolute atomic E-state index is 6.03. The molecule has 0 aliphatic heterocycles. The molecule has 3 N–H and O–H groups in total. The molecule has 6 nitrogen and oxygen atoms in total. The zero-order valence-corrected chi connectivity index (χ0v) is 12.4. The maximum atomic E-state index is 6.03. The van der Waals surface area contributed by atoms with Crippen molar-refractivity contribution in [3.63, 3.8) is 0 Å². The van der Waals surface area contributed by atoms with E-state index in [1.54, 1.807) is 13.4 Å². The molecule has 0 unspecified atom stereocenters. The molecule has 0 aliphatic carbocycles. The highest BCUT2D eigenvalue weighted by molar-refractivity contribution is 5.93. The minimum atomic E-state index is 0.325. The van der Waals surface area contributed by atoms with E-state index in [0.29, 0.717) is 23.0 Å². The first-order valence-electron chi connectivity index (χ1n) is 7.09. The summed E-state index contributed by atoms with van der Waals surface area (Å²) in [5, 5.41) is 4.13. The van der Waals surface area contributed by atoms with E-state index in [4.69, 9.17) is 14.9 Å². The van der Waals surface area contributed by atoms with Crippen LogP contribution in [0, 0.1) is 0 Å². The highest BCUT2D eigenvalue weighted by atomic mass is 16.5. The summed E-state index contributed by atoms with van der Waals surface area (Å²) < 4.78 is 10.9. The molecule has 0 bridgehead atoms. The molecule has 0 saturated heterocycles. The molecule has 2 heterocycles. The Morgan fingerprint density at radius 1 is 1.09 bits per heavy atom. The summed E-state index contributed by atoms with van der Waals surface area (Å²) in [6, 6.07) is 13.2. The molecule has 23 heavy (non-hydrogen) atoms. The van der Waals surface area contributed by atoms with Crippen LogP contribution in [-0.4, -0.2) is 17.1 Å². The fraction of sp³-hybridized carbons (Fsp3) is 0.0588. The third-order valence-electron chi connectivity index (χ3n) is 3.61. The lowest BCUT2D eigenvalue weighted by molar-refractivity contribution is 0.415. The SMILES string of the molecule is COc1cc(Nc2nc3ccccc3nc2N)c2occc2c1. The van der Waals surface area contributed by atoms with Gasteiger partial charge in [-0.15, -0.1) is 0 Å². The molecule has 0 radical (unpaired) electrons. The van der Waals surface area contributed by atoms with E-state index in [1.165, 1.54) is 0 Å². The predicted molar refractivity (Wildman–Crippen MR) is 90.0 cm³/mol. The largest absolute Gasteiger partial charge is 0.497 e. The number of furan rings is 1. The number of fused-ring (bicyclic) bond motifs is 2. The van der Waals surface area contributed by atoms with E-state index in [2.05, 4.69) is 15.3 Å². The van der Waals surface area contributed by atoms with Crippen molar-refractivity contribution in [2.75, 3.05) is 18.2 Å². The Balaban J connectivity index is 1.84. The Morgan fingerprint density at radius 3 is 2.65 bits per heavy atom. The number of nitrogen functional groups attached to an aromatic ring is 1. The number of hydrogen-bond donors (Lipinski definition) is 2. The van der Waals surface area contributed by atoms with Gasteiger partial charge in [0.1, 0.15) is 5.75 Å². The van der Waals surface area contributed by atoms with Gasteiger partial charge in [-0.25, -0.2) is 9.97 Å². The summed E-state index contributed by atoms with van der Waals surface area (Å²) in [6.07, 6.45) is 1.63. The van der Waals surface area contributed by atoms with Gasteiger partial charge in [0.05, 0.1) is 30.1 Å². The fourth-order valence-corrected chi connectivity index (χ4v) is 2.50. The van der Waals surface area contributed by atoms with Gasteiger partial charge < -0.3 is 20.2 Å². The lowest BCUT2D eigenvalue weighted by Gasteiger charge is -2.11. The normalized spacial score (nSPS) is 11.0. The molecule has 0 fully saturated rings. The number of hydrogen-bond acceptors (Lipinski definition) is 6. The van der Waals surface area contributed by atoms with Gasteiger partial charge in [0.2, 0.25) is 0 Å². The van der Waals surface area contributed by atoms with E-state index < -0.39 is 0 Å². The number of methoxy groups -OCH3 is 1. The van der Waals surface area contributed by atoms with E-state index >= 15 is 0 Å². The van der Waals surface area contributed by atoms with Gasteiger partial charge >= 0.3 is 0 Å².